The lowest BCUT2D eigenvalue weighted by Gasteiger charge is -2.24. The van der Waals surface area contributed by atoms with Gasteiger partial charge in [0, 0.05) is 23.6 Å². The van der Waals surface area contributed by atoms with Crippen molar-refractivity contribution in [2.75, 3.05) is 6.54 Å². The average molecular weight is 237 g/mol. The van der Waals surface area contributed by atoms with Crippen molar-refractivity contribution in [3.63, 3.8) is 0 Å². The zero-order valence-corrected chi connectivity index (χ0v) is 10.8. The Balaban J connectivity index is 2.04. The first-order valence-electron chi connectivity index (χ1n) is 6.10. The molecule has 2 aliphatic rings. The number of nitrogens with zero attached hydrogens (tertiary/aromatic N) is 1. The Kier molecular flexibility index (Phi) is 3.74. The molecule has 0 N–H and O–H groups in total. The molecule has 1 aliphatic carbocycles. The average Bonchev–Trinajstić information content (AvgIpc) is 2.55. The maximum Gasteiger partial charge on any atom is 0.160 e. The molecule has 0 aromatic rings. The van der Waals surface area contributed by atoms with Gasteiger partial charge in [-0.05, 0) is 19.4 Å². The van der Waals surface area contributed by atoms with Crippen LogP contribution in [0.1, 0.15) is 39.5 Å². The summed E-state index contributed by atoms with van der Waals surface area (Å²) in [5.74, 6) is 0.244. The van der Waals surface area contributed by atoms with E-state index in [0.29, 0.717) is 11.8 Å². The lowest BCUT2D eigenvalue weighted by Crippen LogP contribution is -2.26. The zero-order chi connectivity index (χ0) is 11.5. The van der Waals surface area contributed by atoms with E-state index in [1.165, 1.54) is 29.9 Å². The number of carbonyl (C=O) groups is 1. The van der Waals surface area contributed by atoms with Gasteiger partial charge in [-0.2, -0.15) is 0 Å². The number of rotatable bonds is 4. The Labute approximate surface area is 102 Å². The Morgan fingerprint density at radius 2 is 2.31 bits per heavy atom. The van der Waals surface area contributed by atoms with Gasteiger partial charge in [-0.3, -0.25) is 4.79 Å². The number of unbranched alkanes of at least 4 members (excludes halogenated alkanes) is 2. The normalized spacial score (nSPS) is 24.2. The summed E-state index contributed by atoms with van der Waals surface area (Å²) in [7, 11) is 0. The van der Waals surface area contributed by atoms with Crippen LogP contribution in [0.15, 0.2) is 22.8 Å². The second kappa shape index (κ2) is 5.09. The number of allylic oxidation sites excluding steroid dienone is 2. The summed E-state index contributed by atoms with van der Waals surface area (Å²) >= 11 is 1.82. The van der Waals surface area contributed by atoms with Crippen LogP contribution in [0.3, 0.4) is 0 Å². The number of thioether (sulfide) groups is 1. The van der Waals surface area contributed by atoms with E-state index in [0.717, 1.165) is 6.54 Å². The van der Waals surface area contributed by atoms with Gasteiger partial charge in [0.2, 0.25) is 0 Å². The summed E-state index contributed by atoms with van der Waals surface area (Å²) in [4.78, 5) is 15.0. The Hall–Kier alpha value is -0.700. The second-order valence-electron chi connectivity index (χ2n) is 4.39. The fourth-order valence-electron chi connectivity index (χ4n) is 2.21. The van der Waals surface area contributed by atoms with Gasteiger partial charge in [0.15, 0.2) is 5.78 Å². The molecule has 1 aliphatic heterocycles. The molecule has 3 heteroatoms. The van der Waals surface area contributed by atoms with Crippen molar-refractivity contribution >= 4 is 17.5 Å². The quantitative estimate of drug-likeness (QED) is 0.700. The number of ketones is 1. The van der Waals surface area contributed by atoms with E-state index in [-0.39, 0.29) is 5.78 Å². The SMILES string of the molecule is CCCCCN1C2=CCC(=O)C=C2SC1C. The summed E-state index contributed by atoms with van der Waals surface area (Å²) in [5, 5.41) is 0.486. The molecule has 1 atom stereocenters. The molecule has 16 heavy (non-hydrogen) atoms. The Morgan fingerprint density at radius 3 is 3.06 bits per heavy atom. The van der Waals surface area contributed by atoms with Crippen LogP contribution >= 0.6 is 11.8 Å². The molecule has 0 amide bonds. The van der Waals surface area contributed by atoms with E-state index in [9.17, 15) is 4.79 Å². The predicted octanol–water partition coefficient (Wildman–Crippen LogP) is 3.31. The van der Waals surface area contributed by atoms with E-state index in [4.69, 9.17) is 0 Å². The molecule has 1 saturated heterocycles. The molecular formula is C13H19NOS. The molecule has 0 aromatic heterocycles. The highest BCUT2D eigenvalue weighted by Gasteiger charge is 2.31. The van der Waals surface area contributed by atoms with Gasteiger partial charge < -0.3 is 4.90 Å². The van der Waals surface area contributed by atoms with Crippen molar-refractivity contribution in [1.29, 1.82) is 0 Å². The lowest BCUT2D eigenvalue weighted by atomic mass is 10.1. The predicted molar refractivity (Wildman–Crippen MR) is 69.1 cm³/mol. The fourth-order valence-corrected chi connectivity index (χ4v) is 3.44. The Bertz CT molecular complexity index is 346. The van der Waals surface area contributed by atoms with Gasteiger partial charge in [0.25, 0.3) is 0 Å². The third kappa shape index (κ3) is 2.34. The van der Waals surface area contributed by atoms with Gasteiger partial charge in [0.05, 0.1) is 5.37 Å². The minimum atomic E-state index is 0.244. The van der Waals surface area contributed by atoms with E-state index < -0.39 is 0 Å². The maximum atomic E-state index is 11.3. The minimum absolute atomic E-state index is 0.244. The highest BCUT2D eigenvalue weighted by Crippen LogP contribution is 2.43. The van der Waals surface area contributed by atoms with Gasteiger partial charge in [0.1, 0.15) is 0 Å². The molecule has 0 bridgehead atoms. The van der Waals surface area contributed by atoms with Gasteiger partial charge >= 0.3 is 0 Å². The number of hydrogen-bond acceptors (Lipinski definition) is 3. The molecular weight excluding hydrogens is 218 g/mol. The van der Waals surface area contributed by atoms with Crippen LogP contribution in [-0.2, 0) is 4.79 Å². The summed E-state index contributed by atoms with van der Waals surface area (Å²) < 4.78 is 0. The molecule has 0 saturated carbocycles. The number of hydrogen-bond donors (Lipinski definition) is 0. The van der Waals surface area contributed by atoms with Gasteiger partial charge in [-0.1, -0.05) is 37.6 Å². The molecule has 2 rings (SSSR count). The summed E-state index contributed by atoms with van der Waals surface area (Å²) in [6.45, 7) is 5.58. The van der Waals surface area contributed by atoms with Crippen molar-refractivity contribution in [3.05, 3.63) is 22.8 Å². The maximum absolute atomic E-state index is 11.3. The molecule has 1 fully saturated rings. The molecule has 0 spiro atoms. The van der Waals surface area contributed by atoms with Crippen LogP contribution in [-0.4, -0.2) is 22.6 Å². The molecule has 1 unspecified atom stereocenters. The summed E-state index contributed by atoms with van der Waals surface area (Å²) in [5.41, 5.74) is 1.30. The molecule has 1 heterocycles. The molecule has 0 aromatic carbocycles. The lowest BCUT2D eigenvalue weighted by molar-refractivity contribution is -0.114. The van der Waals surface area contributed by atoms with Crippen molar-refractivity contribution in [2.45, 2.75) is 44.9 Å². The molecule has 88 valence electrons. The first-order chi connectivity index (χ1) is 7.72. The topological polar surface area (TPSA) is 20.3 Å². The van der Waals surface area contributed by atoms with Crippen LogP contribution in [0, 0.1) is 0 Å². The second-order valence-corrected chi connectivity index (χ2v) is 5.74. The van der Waals surface area contributed by atoms with Crippen LogP contribution in [0.5, 0.6) is 0 Å². The van der Waals surface area contributed by atoms with E-state index in [2.05, 4.69) is 24.8 Å². The largest absolute Gasteiger partial charge is 0.359 e. The highest BCUT2D eigenvalue weighted by atomic mass is 32.2. The van der Waals surface area contributed by atoms with Crippen LogP contribution in [0.2, 0.25) is 0 Å². The van der Waals surface area contributed by atoms with E-state index in [1.54, 1.807) is 0 Å². The fraction of sp³-hybridized carbons (Fsp3) is 0.615. The van der Waals surface area contributed by atoms with E-state index in [1.807, 2.05) is 17.8 Å². The Morgan fingerprint density at radius 1 is 1.50 bits per heavy atom. The zero-order valence-electron chi connectivity index (χ0n) is 10.0. The number of carbonyl (C=O) groups excluding carboxylic acids is 1. The van der Waals surface area contributed by atoms with Crippen LogP contribution in [0.25, 0.3) is 0 Å². The van der Waals surface area contributed by atoms with E-state index >= 15 is 0 Å². The van der Waals surface area contributed by atoms with Crippen molar-refractivity contribution in [1.82, 2.24) is 4.90 Å². The monoisotopic (exact) mass is 237 g/mol. The molecule has 0 radical (unpaired) electrons. The van der Waals surface area contributed by atoms with Crippen molar-refractivity contribution < 1.29 is 4.79 Å². The minimum Gasteiger partial charge on any atom is -0.359 e. The van der Waals surface area contributed by atoms with Crippen molar-refractivity contribution in [3.8, 4) is 0 Å². The standard InChI is InChI=1S/C13H19NOS/c1-3-4-5-8-14-10(2)16-13-9-11(15)6-7-12(13)14/h7,9-10H,3-6,8H2,1-2H3. The van der Waals surface area contributed by atoms with Crippen LogP contribution in [0.4, 0.5) is 0 Å². The first-order valence-corrected chi connectivity index (χ1v) is 6.98. The third-order valence-electron chi connectivity index (χ3n) is 3.09. The smallest absolute Gasteiger partial charge is 0.160 e. The van der Waals surface area contributed by atoms with Crippen LogP contribution < -0.4 is 0 Å². The van der Waals surface area contributed by atoms with Crippen molar-refractivity contribution in [2.24, 2.45) is 0 Å². The number of fused-ring (bicyclic) bond motifs is 1. The molecule has 2 nitrogen and oxygen atoms in total. The third-order valence-corrected chi connectivity index (χ3v) is 4.27. The first kappa shape index (κ1) is 11.8. The van der Waals surface area contributed by atoms with Gasteiger partial charge in [-0.15, -0.1) is 0 Å². The summed E-state index contributed by atoms with van der Waals surface area (Å²) in [6.07, 6.45) is 8.29. The van der Waals surface area contributed by atoms with Gasteiger partial charge in [-0.25, -0.2) is 0 Å². The highest BCUT2D eigenvalue weighted by molar-refractivity contribution is 8.04. The summed E-state index contributed by atoms with van der Waals surface area (Å²) in [6, 6.07) is 0.